The van der Waals surface area contributed by atoms with E-state index in [1.807, 2.05) is 20.8 Å². The summed E-state index contributed by atoms with van der Waals surface area (Å²) >= 11 is 0. The van der Waals surface area contributed by atoms with Crippen LogP contribution in [0, 0.1) is 5.41 Å². The van der Waals surface area contributed by atoms with Gasteiger partial charge in [-0.05, 0) is 36.4 Å². The Kier molecular flexibility index (Phi) is 7.87. The zero-order valence-electron chi connectivity index (χ0n) is 19.1. The van der Waals surface area contributed by atoms with Crippen molar-refractivity contribution in [3.05, 3.63) is 42.5 Å². The van der Waals surface area contributed by atoms with Gasteiger partial charge in [0, 0.05) is 36.6 Å². The quantitative estimate of drug-likeness (QED) is 0.555. The molecule has 0 spiro atoms. The SMILES string of the molecule is COc1ccc(NC(=O)CNc2cccc(NC(=O)C(C)(C)C)c2)cc1S(=O)(=O)N(C)C. The number of carbonyl (C=O) groups is 2. The number of hydrogen-bond donors (Lipinski definition) is 3. The Hall–Kier alpha value is -3.11. The van der Waals surface area contributed by atoms with Crippen LogP contribution in [0.25, 0.3) is 0 Å². The lowest BCUT2D eigenvalue weighted by atomic mass is 9.95. The van der Waals surface area contributed by atoms with Gasteiger partial charge in [0.05, 0.1) is 13.7 Å². The normalized spacial score (nSPS) is 11.7. The van der Waals surface area contributed by atoms with Gasteiger partial charge in [-0.2, -0.15) is 0 Å². The molecule has 0 atom stereocenters. The summed E-state index contributed by atoms with van der Waals surface area (Å²) in [6.07, 6.45) is 0. The molecule has 3 N–H and O–H groups in total. The van der Waals surface area contributed by atoms with Gasteiger partial charge in [0.15, 0.2) is 0 Å². The molecule has 2 aromatic rings. The number of benzene rings is 2. The molecule has 0 radical (unpaired) electrons. The highest BCUT2D eigenvalue weighted by atomic mass is 32.2. The van der Waals surface area contributed by atoms with Gasteiger partial charge < -0.3 is 20.7 Å². The monoisotopic (exact) mass is 462 g/mol. The third-order valence-corrected chi connectivity index (χ3v) is 6.30. The minimum Gasteiger partial charge on any atom is -0.495 e. The van der Waals surface area contributed by atoms with Gasteiger partial charge in [-0.1, -0.05) is 26.8 Å². The molecule has 10 heteroatoms. The summed E-state index contributed by atoms with van der Waals surface area (Å²) in [6.45, 7) is 5.41. The maximum atomic E-state index is 12.5. The van der Waals surface area contributed by atoms with Gasteiger partial charge in [-0.3, -0.25) is 9.59 Å². The summed E-state index contributed by atoms with van der Waals surface area (Å²) in [6, 6.07) is 11.4. The van der Waals surface area contributed by atoms with Crippen molar-refractivity contribution in [1.29, 1.82) is 0 Å². The predicted octanol–water partition coefficient (Wildman–Crippen LogP) is 2.98. The third-order valence-electron chi connectivity index (χ3n) is 4.46. The maximum Gasteiger partial charge on any atom is 0.246 e. The molecule has 9 nitrogen and oxygen atoms in total. The largest absolute Gasteiger partial charge is 0.495 e. The molecule has 174 valence electrons. The third kappa shape index (κ3) is 6.44. The summed E-state index contributed by atoms with van der Waals surface area (Å²) in [5.74, 6) is -0.299. The summed E-state index contributed by atoms with van der Waals surface area (Å²) in [4.78, 5) is 24.5. The zero-order chi connectivity index (χ0) is 24.1. The first-order valence-electron chi connectivity index (χ1n) is 9.90. The Morgan fingerprint density at radius 2 is 1.59 bits per heavy atom. The number of methoxy groups -OCH3 is 1. The average molecular weight is 463 g/mol. The van der Waals surface area contributed by atoms with E-state index in [9.17, 15) is 18.0 Å². The molecule has 0 aliphatic rings. The van der Waals surface area contributed by atoms with Crippen LogP contribution in [0.5, 0.6) is 5.75 Å². The lowest BCUT2D eigenvalue weighted by Crippen LogP contribution is -2.27. The first kappa shape index (κ1) is 25.2. The van der Waals surface area contributed by atoms with Crippen molar-refractivity contribution in [1.82, 2.24) is 4.31 Å². The van der Waals surface area contributed by atoms with Crippen LogP contribution in [0.3, 0.4) is 0 Å². The van der Waals surface area contributed by atoms with E-state index in [1.54, 1.807) is 30.3 Å². The predicted molar refractivity (Wildman–Crippen MR) is 126 cm³/mol. The molecular formula is C22H30N4O5S. The number of ether oxygens (including phenoxy) is 1. The molecule has 0 aliphatic carbocycles. The second kappa shape index (κ2) is 10.0. The molecule has 0 fully saturated rings. The van der Waals surface area contributed by atoms with Crippen LogP contribution in [-0.4, -0.2) is 52.3 Å². The number of nitrogens with zero attached hydrogens (tertiary/aromatic N) is 1. The molecule has 0 unspecified atom stereocenters. The van der Waals surface area contributed by atoms with Crippen LogP contribution >= 0.6 is 0 Å². The van der Waals surface area contributed by atoms with E-state index in [4.69, 9.17) is 4.74 Å². The zero-order valence-corrected chi connectivity index (χ0v) is 20.0. The standard InChI is InChI=1S/C22H30N4O5S/c1-22(2,3)21(28)25-16-9-7-8-15(12-16)23-14-20(27)24-17-10-11-18(31-6)19(13-17)32(29,30)26(4)5/h7-13,23H,14H2,1-6H3,(H,24,27)(H,25,28). The summed E-state index contributed by atoms with van der Waals surface area (Å²) in [5.41, 5.74) is 1.06. The van der Waals surface area contributed by atoms with Crippen LogP contribution in [0.15, 0.2) is 47.4 Å². The van der Waals surface area contributed by atoms with Crippen molar-refractivity contribution in [2.24, 2.45) is 5.41 Å². The van der Waals surface area contributed by atoms with Gasteiger partial charge in [0.1, 0.15) is 10.6 Å². The fourth-order valence-corrected chi connectivity index (χ4v) is 3.64. The molecule has 2 aromatic carbocycles. The summed E-state index contributed by atoms with van der Waals surface area (Å²) in [7, 11) is 0.465. The van der Waals surface area contributed by atoms with Crippen LogP contribution < -0.4 is 20.7 Å². The number of rotatable bonds is 8. The first-order valence-corrected chi connectivity index (χ1v) is 11.3. The first-order chi connectivity index (χ1) is 14.8. The van der Waals surface area contributed by atoms with Crippen molar-refractivity contribution in [3.8, 4) is 5.75 Å². The fourth-order valence-electron chi connectivity index (χ4n) is 2.57. The number of nitrogens with one attached hydrogen (secondary N) is 3. The minimum absolute atomic E-state index is 0.0435. The Labute approximate surface area is 189 Å². The van der Waals surface area contributed by atoms with E-state index in [0.29, 0.717) is 17.1 Å². The molecule has 0 saturated heterocycles. The summed E-state index contributed by atoms with van der Waals surface area (Å²) < 4.78 is 31.3. The average Bonchev–Trinajstić information content (AvgIpc) is 2.71. The fraction of sp³-hybridized carbons (Fsp3) is 0.364. The summed E-state index contributed by atoms with van der Waals surface area (Å²) in [5, 5.41) is 8.50. The topological polar surface area (TPSA) is 117 Å². The van der Waals surface area contributed by atoms with E-state index in [0.717, 1.165) is 4.31 Å². The van der Waals surface area contributed by atoms with Crippen molar-refractivity contribution < 1.29 is 22.7 Å². The van der Waals surface area contributed by atoms with Gasteiger partial charge >= 0.3 is 0 Å². The highest BCUT2D eigenvalue weighted by Gasteiger charge is 2.23. The van der Waals surface area contributed by atoms with E-state index < -0.39 is 15.4 Å². The van der Waals surface area contributed by atoms with Crippen LogP contribution in [-0.2, 0) is 19.6 Å². The molecule has 0 heterocycles. The molecular weight excluding hydrogens is 432 g/mol. The number of sulfonamides is 1. The van der Waals surface area contributed by atoms with Gasteiger partial charge in [-0.15, -0.1) is 0 Å². The molecule has 0 aromatic heterocycles. The lowest BCUT2D eigenvalue weighted by Gasteiger charge is -2.18. The maximum absolute atomic E-state index is 12.5. The van der Waals surface area contributed by atoms with Gasteiger partial charge in [0.2, 0.25) is 21.8 Å². The van der Waals surface area contributed by atoms with Crippen LogP contribution in [0.4, 0.5) is 17.1 Å². The number of hydrogen-bond acceptors (Lipinski definition) is 6. The molecule has 0 bridgehead atoms. The second-order valence-electron chi connectivity index (χ2n) is 8.34. The Bertz CT molecular complexity index is 1090. The molecule has 0 aliphatic heterocycles. The Morgan fingerprint density at radius 1 is 0.969 bits per heavy atom. The van der Waals surface area contributed by atoms with Gasteiger partial charge in [-0.25, -0.2) is 12.7 Å². The molecule has 0 saturated carbocycles. The smallest absolute Gasteiger partial charge is 0.246 e. The van der Waals surface area contributed by atoms with E-state index >= 15 is 0 Å². The van der Waals surface area contributed by atoms with Crippen molar-refractivity contribution >= 4 is 38.9 Å². The van der Waals surface area contributed by atoms with E-state index in [2.05, 4.69) is 16.0 Å². The van der Waals surface area contributed by atoms with Crippen LogP contribution in [0.1, 0.15) is 20.8 Å². The Morgan fingerprint density at radius 3 is 2.19 bits per heavy atom. The molecule has 32 heavy (non-hydrogen) atoms. The number of amides is 2. The highest BCUT2D eigenvalue weighted by molar-refractivity contribution is 7.89. The van der Waals surface area contributed by atoms with Crippen molar-refractivity contribution in [3.63, 3.8) is 0 Å². The van der Waals surface area contributed by atoms with E-state index in [1.165, 1.54) is 33.3 Å². The van der Waals surface area contributed by atoms with E-state index in [-0.39, 0.29) is 29.0 Å². The van der Waals surface area contributed by atoms with Crippen molar-refractivity contribution in [2.45, 2.75) is 25.7 Å². The lowest BCUT2D eigenvalue weighted by molar-refractivity contribution is -0.123. The highest BCUT2D eigenvalue weighted by Crippen LogP contribution is 2.29. The Balaban J connectivity index is 2.06. The molecule has 2 amide bonds. The minimum atomic E-state index is -3.75. The second-order valence-corrected chi connectivity index (χ2v) is 10.5. The number of carbonyl (C=O) groups excluding carboxylic acids is 2. The number of anilines is 3. The molecule has 2 rings (SSSR count). The van der Waals surface area contributed by atoms with Gasteiger partial charge in [0.25, 0.3) is 0 Å². The van der Waals surface area contributed by atoms with Crippen LogP contribution in [0.2, 0.25) is 0 Å². The van der Waals surface area contributed by atoms with Crippen molar-refractivity contribution in [2.75, 3.05) is 43.7 Å².